The zero-order valence-corrected chi connectivity index (χ0v) is 8.42. The summed E-state index contributed by atoms with van der Waals surface area (Å²) in [6.07, 6.45) is 9.35. The third kappa shape index (κ3) is 5.78. The van der Waals surface area contributed by atoms with E-state index in [0.717, 1.165) is 12.2 Å². The van der Waals surface area contributed by atoms with Gasteiger partial charge in [0, 0.05) is 0 Å². The third-order valence-corrected chi connectivity index (χ3v) is 1.52. The topological polar surface area (TPSA) is 9.23 Å². The molecule has 0 saturated carbocycles. The average molecular weight is 166 g/mol. The number of hydrogen-bond donors (Lipinski definition) is 0. The predicted molar refractivity (Wildman–Crippen MR) is 54.0 cm³/mol. The normalized spacial score (nSPS) is 14.0. The summed E-state index contributed by atoms with van der Waals surface area (Å²) in [5, 5.41) is 0. The molecular weight excluding hydrogens is 148 g/mol. The molecule has 68 valence electrons. The first-order valence-corrected chi connectivity index (χ1v) is 4.26. The second kappa shape index (κ2) is 6.71. The molecule has 0 unspecified atom stereocenters. The van der Waals surface area contributed by atoms with E-state index in [9.17, 15) is 0 Å². The summed E-state index contributed by atoms with van der Waals surface area (Å²) < 4.78 is 5.00. The van der Waals surface area contributed by atoms with Crippen molar-refractivity contribution in [1.29, 1.82) is 0 Å². The molecule has 0 aliphatic heterocycles. The summed E-state index contributed by atoms with van der Waals surface area (Å²) >= 11 is 0. The highest BCUT2D eigenvalue weighted by Crippen LogP contribution is 1.99. The number of methoxy groups -OCH3 is 1. The van der Waals surface area contributed by atoms with Crippen LogP contribution in [0.5, 0.6) is 0 Å². The minimum Gasteiger partial charge on any atom is -0.501 e. The van der Waals surface area contributed by atoms with Gasteiger partial charge in [0.2, 0.25) is 0 Å². The van der Waals surface area contributed by atoms with Gasteiger partial charge in [-0.15, -0.1) is 0 Å². The van der Waals surface area contributed by atoms with Gasteiger partial charge in [-0.3, -0.25) is 0 Å². The smallest absolute Gasteiger partial charge is 0.0924 e. The molecule has 1 nitrogen and oxygen atoms in total. The first-order valence-electron chi connectivity index (χ1n) is 4.26. The van der Waals surface area contributed by atoms with Crippen LogP contribution in [0.25, 0.3) is 0 Å². The van der Waals surface area contributed by atoms with Crippen LogP contribution in [0.1, 0.15) is 27.2 Å². The van der Waals surface area contributed by atoms with Crippen LogP contribution < -0.4 is 0 Å². The first-order chi connectivity index (χ1) is 5.70. The number of ether oxygens (including phenoxy) is 1. The maximum absolute atomic E-state index is 5.00. The van der Waals surface area contributed by atoms with Gasteiger partial charge in [0.1, 0.15) is 0 Å². The SMILES string of the molecule is CCC=CC(C)=CC=C(C)OC. The van der Waals surface area contributed by atoms with E-state index in [4.69, 9.17) is 4.74 Å². The fourth-order valence-corrected chi connectivity index (χ4v) is 0.676. The van der Waals surface area contributed by atoms with Crippen molar-refractivity contribution in [3.63, 3.8) is 0 Å². The van der Waals surface area contributed by atoms with Gasteiger partial charge in [0.25, 0.3) is 0 Å². The standard InChI is InChI=1S/C11H18O/c1-5-6-7-10(2)8-9-11(3)12-4/h6-9H,5H2,1-4H3. The van der Waals surface area contributed by atoms with E-state index in [2.05, 4.69) is 26.0 Å². The lowest BCUT2D eigenvalue weighted by atomic mass is 10.2. The summed E-state index contributed by atoms with van der Waals surface area (Å²) in [4.78, 5) is 0. The molecule has 1 heteroatoms. The van der Waals surface area contributed by atoms with Crippen LogP contribution in [0.2, 0.25) is 0 Å². The zero-order chi connectivity index (χ0) is 9.40. The van der Waals surface area contributed by atoms with Crippen LogP contribution in [-0.4, -0.2) is 7.11 Å². The third-order valence-electron chi connectivity index (χ3n) is 1.52. The van der Waals surface area contributed by atoms with E-state index in [1.165, 1.54) is 5.57 Å². The van der Waals surface area contributed by atoms with Gasteiger partial charge in [-0.1, -0.05) is 30.7 Å². The Kier molecular flexibility index (Phi) is 6.16. The molecule has 0 heterocycles. The molecule has 0 fully saturated rings. The monoisotopic (exact) mass is 166 g/mol. The molecule has 0 N–H and O–H groups in total. The molecule has 0 aromatic carbocycles. The predicted octanol–water partition coefficient (Wildman–Crippen LogP) is 3.45. The molecule has 0 rings (SSSR count). The van der Waals surface area contributed by atoms with Gasteiger partial charge in [-0.2, -0.15) is 0 Å². The number of rotatable bonds is 4. The quantitative estimate of drug-likeness (QED) is 0.459. The molecule has 0 atom stereocenters. The molecule has 0 aromatic rings. The number of hydrogen-bond acceptors (Lipinski definition) is 1. The van der Waals surface area contributed by atoms with Crippen molar-refractivity contribution in [1.82, 2.24) is 0 Å². The van der Waals surface area contributed by atoms with E-state index >= 15 is 0 Å². The van der Waals surface area contributed by atoms with Crippen LogP contribution in [-0.2, 0) is 4.74 Å². The summed E-state index contributed by atoms with van der Waals surface area (Å²) in [5.41, 5.74) is 1.24. The van der Waals surface area contributed by atoms with E-state index in [1.807, 2.05) is 19.1 Å². The largest absolute Gasteiger partial charge is 0.501 e. The average Bonchev–Trinajstić information content (AvgIpc) is 2.10. The molecule has 0 aliphatic carbocycles. The van der Waals surface area contributed by atoms with Crippen LogP contribution in [0.3, 0.4) is 0 Å². The summed E-state index contributed by atoms with van der Waals surface area (Å²) in [5.74, 6) is 0.930. The highest BCUT2D eigenvalue weighted by atomic mass is 16.5. The lowest BCUT2D eigenvalue weighted by molar-refractivity contribution is 0.294. The van der Waals surface area contributed by atoms with Crippen molar-refractivity contribution >= 4 is 0 Å². The van der Waals surface area contributed by atoms with Gasteiger partial charge in [0.15, 0.2) is 0 Å². The van der Waals surface area contributed by atoms with Crippen molar-refractivity contribution in [2.45, 2.75) is 27.2 Å². The Morgan fingerprint density at radius 3 is 2.42 bits per heavy atom. The van der Waals surface area contributed by atoms with Crippen LogP contribution in [0.15, 0.2) is 35.6 Å². The second-order valence-corrected chi connectivity index (χ2v) is 2.70. The highest BCUT2D eigenvalue weighted by Gasteiger charge is 1.81. The Hall–Kier alpha value is -0.980. The fourth-order valence-electron chi connectivity index (χ4n) is 0.676. The molecule has 0 aromatic heterocycles. The summed E-state index contributed by atoms with van der Waals surface area (Å²) in [7, 11) is 1.68. The maximum atomic E-state index is 5.00. The van der Waals surface area contributed by atoms with Gasteiger partial charge in [0.05, 0.1) is 12.9 Å². The Morgan fingerprint density at radius 1 is 1.25 bits per heavy atom. The molecule has 12 heavy (non-hydrogen) atoms. The van der Waals surface area contributed by atoms with Crippen LogP contribution in [0, 0.1) is 0 Å². The van der Waals surface area contributed by atoms with E-state index in [1.54, 1.807) is 7.11 Å². The van der Waals surface area contributed by atoms with E-state index in [0.29, 0.717) is 0 Å². The second-order valence-electron chi connectivity index (χ2n) is 2.70. The minimum absolute atomic E-state index is 0.930. The number of allylic oxidation sites excluding steroid dienone is 6. The minimum atomic E-state index is 0.930. The molecule has 0 radical (unpaired) electrons. The summed E-state index contributed by atoms with van der Waals surface area (Å²) in [6, 6.07) is 0. The lowest BCUT2D eigenvalue weighted by Crippen LogP contribution is -1.76. The maximum Gasteiger partial charge on any atom is 0.0924 e. The molecule has 0 spiro atoms. The Bertz CT molecular complexity index is 197. The van der Waals surface area contributed by atoms with Crippen molar-refractivity contribution in [3.05, 3.63) is 35.6 Å². The highest BCUT2D eigenvalue weighted by molar-refractivity contribution is 5.22. The lowest BCUT2D eigenvalue weighted by Gasteiger charge is -1.95. The van der Waals surface area contributed by atoms with Gasteiger partial charge in [-0.25, -0.2) is 0 Å². The van der Waals surface area contributed by atoms with Gasteiger partial charge < -0.3 is 4.74 Å². The van der Waals surface area contributed by atoms with E-state index < -0.39 is 0 Å². The van der Waals surface area contributed by atoms with Crippen LogP contribution >= 0.6 is 0 Å². The summed E-state index contributed by atoms with van der Waals surface area (Å²) in [6.45, 7) is 6.14. The molecule has 0 bridgehead atoms. The van der Waals surface area contributed by atoms with Gasteiger partial charge in [-0.05, 0) is 26.3 Å². The Morgan fingerprint density at radius 2 is 1.92 bits per heavy atom. The zero-order valence-electron chi connectivity index (χ0n) is 8.42. The molecular formula is C11H18O. The van der Waals surface area contributed by atoms with Crippen molar-refractivity contribution < 1.29 is 4.74 Å². The molecule has 0 aliphatic rings. The first kappa shape index (κ1) is 11.0. The van der Waals surface area contributed by atoms with Gasteiger partial charge >= 0.3 is 0 Å². The van der Waals surface area contributed by atoms with E-state index in [-0.39, 0.29) is 0 Å². The molecule has 0 saturated heterocycles. The van der Waals surface area contributed by atoms with Crippen LogP contribution in [0.4, 0.5) is 0 Å². The fraction of sp³-hybridized carbons (Fsp3) is 0.455. The Balaban J connectivity index is 4.08. The Labute approximate surface area is 75.4 Å². The van der Waals surface area contributed by atoms with Crippen molar-refractivity contribution in [2.24, 2.45) is 0 Å². The van der Waals surface area contributed by atoms with Crippen molar-refractivity contribution in [2.75, 3.05) is 7.11 Å². The molecule has 0 amide bonds. The van der Waals surface area contributed by atoms with Crippen molar-refractivity contribution in [3.8, 4) is 0 Å².